The van der Waals surface area contributed by atoms with Crippen LogP contribution in [0, 0.1) is 6.92 Å². The van der Waals surface area contributed by atoms with Crippen molar-refractivity contribution in [3.05, 3.63) is 56.0 Å². The van der Waals surface area contributed by atoms with Gasteiger partial charge >= 0.3 is 5.97 Å². The number of esters is 1. The lowest BCUT2D eigenvalue weighted by Gasteiger charge is -2.11. The third kappa shape index (κ3) is 6.12. The molecule has 2 aromatic rings. The second kappa shape index (κ2) is 9.77. The van der Waals surface area contributed by atoms with Gasteiger partial charge in [-0.05, 0) is 42.8 Å². The summed E-state index contributed by atoms with van der Waals surface area (Å²) in [7, 11) is 0. The fourth-order valence-electron chi connectivity index (χ4n) is 2.15. The molecule has 0 unspecified atom stereocenters. The van der Waals surface area contributed by atoms with Gasteiger partial charge in [-0.25, -0.2) is 4.79 Å². The van der Waals surface area contributed by atoms with E-state index in [1.807, 2.05) is 13.0 Å². The fourth-order valence-corrected chi connectivity index (χ4v) is 3.12. The van der Waals surface area contributed by atoms with Crippen LogP contribution in [0.4, 0.5) is 11.4 Å². The van der Waals surface area contributed by atoms with E-state index in [0.29, 0.717) is 5.69 Å². The topological polar surface area (TPSA) is 111 Å². The van der Waals surface area contributed by atoms with Crippen LogP contribution in [0.15, 0.2) is 34.8 Å². The molecule has 0 spiro atoms. The molecule has 0 saturated carbocycles. The molecule has 0 saturated heterocycles. The maximum atomic E-state index is 12.0. The van der Waals surface area contributed by atoms with Crippen molar-refractivity contribution in [3.8, 4) is 0 Å². The fraction of sp³-hybridized carbons (Fsp3) is 0.167. The average Bonchev–Trinajstić information content (AvgIpc) is 2.63. The summed E-state index contributed by atoms with van der Waals surface area (Å²) in [6, 6.07) is 8.04. The second-order valence-corrected chi connectivity index (χ2v) is 7.47. The molecule has 0 atom stereocenters. The molecule has 0 bridgehead atoms. The number of rotatable bonds is 6. The first-order chi connectivity index (χ1) is 13.2. The number of hydrogen-bond donors (Lipinski definition) is 3. The lowest BCUT2D eigenvalue weighted by atomic mass is 10.2. The quantitative estimate of drug-likeness (QED) is 0.425. The molecule has 10 heteroatoms. The number of carbonyl (C=O) groups is 3. The van der Waals surface area contributed by atoms with Gasteiger partial charge in [0.2, 0.25) is 5.91 Å². The van der Waals surface area contributed by atoms with E-state index in [0.717, 1.165) is 10.0 Å². The molecule has 28 heavy (non-hydrogen) atoms. The molecular formula is C18H16BrCl2N3O4. The van der Waals surface area contributed by atoms with Crippen LogP contribution < -0.4 is 16.4 Å². The van der Waals surface area contributed by atoms with Gasteiger partial charge in [-0.1, -0.05) is 39.1 Å². The Balaban J connectivity index is 1.82. The number of halogens is 3. The van der Waals surface area contributed by atoms with Crippen LogP contribution in [0.5, 0.6) is 0 Å². The third-order valence-electron chi connectivity index (χ3n) is 3.56. The molecule has 2 aromatic carbocycles. The number of carbonyl (C=O) groups excluding carboxylic acids is 3. The highest BCUT2D eigenvalue weighted by Crippen LogP contribution is 2.28. The molecule has 0 aliphatic heterocycles. The number of nitrogens with two attached hydrogens (primary N) is 1. The van der Waals surface area contributed by atoms with Crippen molar-refractivity contribution < 1.29 is 19.1 Å². The van der Waals surface area contributed by atoms with E-state index in [4.69, 9.17) is 33.7 Å². The van der Waals surface area contributed by atoms with Gasteiger partial charge in [-0.2, -0.15) is 0 Å². The number of aryl methyl sites for hydroxylation is 1. The summed E-state index contributed by atoms with van der Waals surface area (Å²) in [5.41, 5.74) is 7.15. The van der Waals surface area contributed by atoms with Gasteiger partial charge in [0, 0.05) is 15.2 Å². The van der Waals surface area contributed by atoms with Crippen molar-refractivity contribution in [2.45, 2.75) is 6.92 Å². The number of hydrogen-bond acceptors (Lipinski definition) is 5. The lowest BCUT2D eigenvalue weighted by molar-refractivity contribution is -0.126. The first kappa shape index (κ1) is 22.0. The van der Waals surface area contributed by atoms with Gasteiger partial charge in [0.25, 0.3) is 5.91 Å². The molecule has 2 rings (SSSR count). The van der Waals surface area contributed by atoms with Gasteiger partial charge in [0.05, 0.1) is 22.8 Å². The Kier molecular flexibility index (Phi) is 7.68. The summed E-state index contributed by atoms with van der Waals surface area (Å²) in [5, 5.41) is 5.34. The molecule has 7 nitrogen and oxygen atoms in total. The number of amides is 2. The van der Waals surface area contributed by atoms with Gasteiger partial charge < -0.3 is 21.1 Å². The molecule has 0 heterocycles. The second-order valence-electron chi connectivity index (χ2n) is 5.71. The SMILES string of the molecule is Cc1cc(Br)ccc1NC(=O)CNC(=O)COC(=O)c1cc(Cl)cc(Cl)c1N. The monoisotopic (exact) mass is 487 g/mol. The predicted molar refractivity (Wildman–Crippen MR) is 112 cm³/mol. The first-order valence-electron chi connectivity index (χ1n) is 7.91. The average molecular weight is 489 g/mol. The summed E-state index contributed by atoms with van der Waals surface area (Å²) in [6.45, 7) is 0.968. The predicted octanol–water partition coefficient (Wildman–Crippen LogP) is 3.56. The van der Waals surface area contributed by atoms with Crippen LogP contribution in [0.1, 0.15) is 15.9 Å². The summed E-state index contributed by atoms with van der Waals surface area (Å²) < 4.78 is 5.77. The standard InChI is InChI=1S/C18H16BrCl2N3O4/c1-9-4-10(19)2-3-14(9)24-15(25)7-23-16(26)8-28-18(27)12-5-11(20)6-13(21)17(12)22/h2-6H,7-8,22H2,1H3,(H,23,26)(H,24,25). The molecular weight excluding hydrogens is 473 g/mol. The van der Waals surface area contributed by atoms with Crippen molar-refractivity contribution in [3.63, 3.8) is 0 Å². The molecule has 2 amide bonds. The number of ether oxygens (including phenoxy) is 1. The van der Waals surface area contributed by atoms with Crippen molar-refractivity contribution in [1.29, 1.82) is 0 Å². The Bertz CT molecular complexity index is 937. The van der Waals surface area contributed by atoms with Gasteiger partial charge in [0.1, 0.15) is 0 Å². The molecule has 0 aliphatic carbocycles. The van der Waals surface area contributed by atoms with Crippen LogP contribution in [-0.4, -0.2) is 30.9 Å². The van der Waals surface area contributed by atoms with Crippen molar-refractivity contribution in [2.75, 3.05) is 24.2 Å². The maximum absolute atomic E-state index is 12.0. The number of nitrogens with one attached hydrogen (secondary N) is 2. The minimum absolute atomic E-state index is 0.000667. The van der Waals surface area contributed by atoms with E-state index in [-0.39, 0.29) is 27.8 Å². The zero-order valence-corrected chi connectivity index (χ0v) is 17.7. The zero-order valence-electron chi connectivity index (χ0n) is 14.6. The van der Waals surface area contributed by atoms with Crippen LogP contribution in [0.3, 0.4) is 0 Å². The highest BCUT2D eigenvalue weighted by atomic mass is 79.9. The Morgan fingerprint density at radius 2 is 1.86 bits per heavy atom. The normalized spacial score (nSPS) is 10.3. The number of anilines is 2. The van der Waals surface area contributed by atoms with E-state index >= 15 is 0 Å². The minimum atomic E-state index is -0.855. The molecule has 0 fully saturated rings. The summed E-state index contributed by atoms with van der Waals surface area (Å²) in [5.74, 6) is -1.93. The number of nitrogen functional groups attached to an aromatic ring is 1. The molecule has 0 radical (unpaired) electrons. The van der Waals surface area contributed by atoms with Crippen LogP contribution >= 0.6 is 39.1 Å². The zero-order chi connectivity index (χ0) is 20.8. The lowest BCUT2D eigenvalue weighted by Crippen LogP contribution is -2.35. The van der Waals surface area contributed by atoms with E-state index in [1.54, 1.807) is 12.1 Å². The van der Waals surface area contributed by atoms with Crippen LogP contribution in [-0.2, 0) is 14.3 Å². The first-order valence-corrected chi connectivity index (χ1v) is 9.46. The van der Waals surface area contributed by atoms with Gasteiger partial charge in [-0.15, -0.1) is 0 Å². The summed E-state index contributed by atoms with van der Waals surface area (Å²) in [6.07, 6.45) is 0. The summed E-state index contributed by atoms with van der Waals surface area (Å²) >= 11 is 15.0. The molecule has 4 N–H and O–H groups in total. The Labute approximate surface area is 179 Å². The Hall–Kier alpha value is -2.29. The van der Waals surface area contributed by atoms with Gasteiger partial charge in [-0.3, -0.25) is 9.59 Å². The molecule has 148 valence electrons. The van der Waals surface area contributed by atoms with Crippen molar-refractivity contribution in [2.24, 2.45) is 0 Å². The Morgan fingerprint density at radius 3 is 2.54 bits per heavy atom. The summed E-state index contributed by atoms with van der Waals surface area (Å²) in [4.78, 5) is 35.8. The third-order valence-corrected chi connectivity index (χ3v) is 4.58. The van der Waals surface area contributed by atoms with Crippen LogP contribution in [0.25, 0.3) is 0 Å². The largest absolute Gasteiger partial charge is 0.452 e. The molecule has 0 aromatic heterocycles. The van der Waals surface area contributed by atoms with E-state index in [1.165, 1.54) is 12.1 Å². The smallest absolute Gasteiger partial charge is 0.340 e. The maximum Gasteiger partial charge on any atom is 0.340 e. The van der Waals surface area contributed by atoms with Crippen LogP contribution in [0.2, 0.25) is 10.0 Å². The van der Waals surface area contributed by atoms with Gasteiger partial charge in [0.15, 0.2) is 6.61 Å². The minimum Gasteiger partial charge on any atom is -0.452 e. The van der Waals surface area contributed by atoms with E-state index in [9.17, 15) is 14.4 Å². The highest BCUT2D eigenvalue weighted by molar-refractivity contribution is 9.10. The van der Waals surface area contributed by atoms with E-state index in [2.05, 4.69) is 26.6 Å². The number of benzene rings is 2. The van der Waals surface area contributed by atoms with Crippen molar-refractivity contribution in [1.82, 2.24) is 5.32 Å². The highest BCUT2D eigenvalue weighted by Gasteiger charge is 2.17. The van der Waals surface area contributed by atoms with Crippen molar-refractivity contribution >= 4 is 68.3 Å². The Morgan fingerprint density at radius 1 is 1.14 bits per heavy atom. The van der Waals surface area contributed by atoms with E-state index < -0.39 is 24.4 Å². The molecule has 0 aliphatic rings.